The van der Waals surface area contributed by atoms with Crippen molar-refractivity contribution in [1.82, 2.24) is 4.98 Å². The number of aliphatic hydroxyl groups excluding tert-OH is 1. The zero-order valence-electron chi connectivity index (χ0n) is 19.3. The van der Waals surface area contributed by atoms with E-state index < -0.39 is 35.2 Å². The molecular weight excluding hydrogens is 457 g/mol. The quantitative estimate of drug-likeness (QED) is 0.434. The van der Waals surface area contributed by atoms with Crippen LogP contribution in [0.4, 0.5) is 19.0 Å². The number of anilines is 1. The molecular formula is C27H23F3N2O3. The molecule has 0 saturated heterocycles. The molecule has 1 aliphatic heterocycles. The van der Waals surface area contributed by atoms with Gasteiger partial charge >= 0.3 is 6.18 Å². The van der Waals surface area contributed by atoms with E-state index in [0.29, 0.717) is 11.8 Å². The second kappa shape index (κ2) is 9.02. The highest BCUT2D eigenvalue weighted by Gasteiger charge is 2.45. The summed E-state index contributed by atoms with van der Waals surface area (Å²) in [5, 5.41) is 10.8. The number of aliphatic hydroxyl groups is 1. The van der Waals surface area contributed by atoms with Gasteiger partial charge in [-0.25, -0.2) is 4.98 Å². The van der Waals surface area contributed by atoms with E-state index in [1.54, 1.807) is 36.4 Å². The molecule has 3 aromatic rings. The first-order chi connectivity index (χ1) is 16.5. The van der Waals surface area contributed by atoms with E-state index in [4.69, 9.17) is 0 Å². The van der Waals surface area contributed by atoms with Crippen LogP contribution in [0.3, 0.4) is 0 Å². The summed E-state index contributed by atoms with van der Waals surface area (Å²) in [4.78, 5) is 31.5. The average molecular weight is 480 g/mol. The van der Waals surface area contributed by atoms with Crippen LogP contribution in [0.25, 0.3) is 0 Å². The maximum atomic E-state index is 13.5. The number of amides is 1. The lowest BCUT2D eigenvalue weighted by atomic mass is 9.91. The Kier molecular flexibility index (Phi) is 6.23. The van der Waals surface area contributed by atoms with E-state index in [1.165, 1.54) is 0 Å². The van der Waals surface area contributed by atoms with Gasteiger partial charge in [-0.15, -0.1) is 0 Å². The number of benzene rings is 2. The highest BCUT2D eigenvalue weighted by Crippen LogP contribution is 2.42. The van der Waals surface area contributed by atoms with Crippen LogP contribution in [0, 0.1) is 6.92 Å². The molecule has 1 amide bonds. The van der Waals surface area contributed by atoms with Crippen LogP contribution in [0.2, 0.25) is 0 Å². The summed E-state index contributed by atoms with van der Waals surface area (Å²) in [6, 6.07) is 14.7. The van der Waals surface area contributed by atoms with Gasteiger partial charge in [0.15, 0.2) is 11.5 Å². The number of pyridine rings is 1. The highest BCUT2D eigenvalue weighted by molar-refractivity contribution is 6.20. The van der Waals surface area contributed by atoms with E-state index in [0.717, 1.165) is 28.2 Å². The Labute approximate surface area is 200 Å². The van der Waals surface area contributed by atoms with Crippen molar-refractivity contribution in [2.75, 3.05) is 4.90 Å². The Bertz CT molecular complexity index is 1290. The number of halogens is 3. The molecule has 0 spiro atoms. The molecule has 5 nitrogen and oxygen atoms in total. The van der Waals surface area contributed by atoms with Crippen molar-refractivity contribution in [2.24, 2.45) is 0 Å². The third-order valence-electron chi connectivity index (χ3n) is 6.01. The van der Waals surface area contributed by atoms with E-state index in [-0.39, 0.29) is 22.9 Å². The van der Waals surface area contributed by atoms with Crippen LogP contribution in [0.15, 0.2) is 78.2 Å². The molecule has 1 unspecified atom stereocenters. The predicted octanol–water partition coefficient (Wildman–Crippen LogP) is 6.32. The van der Waals surface area contributed by atoms with Gasteiger partial charge in [-0.05, 0) is 36.1 Å². The standard InChI is InChI=1S/C27H23F3N2O3/c1-15(2)17-8-10-18(11-9-17)23-22(24(33)19-6-4-16(3)5-7-19)25(34)26(35)32(23)21-13-12-20(14-31-21)27(28,29)30/h4-15,23,34H,1-3H3. The molecule has 0 aliphatic carbocycles. The van der Waals surface area contributed by atoms with Gasteiger partial charge in [0.1, 0.15) is 5.82 Å². The molecule has 4 rings (SSSR count). The molecule has 8 heteroatoms. The lowest BCUT2D eigenvalue weighted by molar-refractivity contribution is -0.137. The van der Waals surface area contributed by atoms with Gasteiger partial charge in [-0.3, -0.25) is 14.5 Å². The Hall–Kier alpha value is -3.94. The van der Waals surface area contributed by atoms with E-state index in [2.05, 4.69) is 4.98 Å². The molecule has 0 bridgehead atoms. The molecule has 1 atom stereocenters. The van der Waals surface area contributed by atoms with E-state index >= 15 is 0 Å². The maximum absolute atomic E-state index is 13.5. The Morgan fingerprint density at radius 2 is 1.63 bits per heavy atom. The van der Waals surface area contributed by atoms with E-state index in [9.17, 15) is 27.9 Å². The normalized spacial score (nSPS) is 16.4. The van der Waals surface area contributed by atoms with Crippen molar-refractivity contribution in [3.05, 3.63) is 106 Å². The summed E-state index contributed by atoms with van der Waals surface area (Å²) in [6.07, 6.45) is -3.97. The van der Waals surface area contributed by atoms with Gasteiger partial charge in [0.2, 0.25) is 0 Å². The minimum atomic E-state index is -4.60. The Morgan fingerprint density at radius 1 is 1.00 bits per heavy atom. The van der Waals surface area contributed by atoms with Gasteiger partial charge < -0.3 is 5.11 Å². The molecule has 2 heterocycles. The zero-order chi connectivity index (χ0) is 25.5. The highest BCUT2D eigenvalue weighted by atomic mass is 19.4. The average Bonchev–Trinajstić information content (AvgIpc) is 3.09. The number of aryl methyl sites for hydroxylation is 1. The fourth-order valence-corrected chi connectivity index (χ4v) is 4.01. The van der Waals surface area contributed by atoms with Gasteiger partial charge in [0.25, 0.3) is 5.91 Å². The SMILES string of the molecule is Cc1ccc(C(=O)C2=C(O)C(=O)N(c3ccc(C(F)(F)F)cn3)C2c2ccc(C(C)C)cc2)cc1. The van der Waals surface area contributed by atoms with Crippen molar-refractivity contribution >= 4 is 17.5 Å². The summed E-state index contributed by atoms with van der Waals surface area (Å²) in [6.45, 7) is 5.90. The molecule has 1 aliphatic rings. The number of carbonyl (C=O) groups excluding carboxylic acids is 2. The molecule has 1 N–H and O–H groups in total. The zero-order valence-corrected chi connectivity index (χ0v) is 19.3. The van der Waals surface area contributed by atoms with E-state index in [1.807, 2.05) is 32.9 Å². The Morgan fingerprint density at radius 3 is 2.14 bits per heavy atom. The topological polar surface area (TPSA) is 70.5 Å². The summed E-state index contributed by atoms with van der Waals surface area (Å²) >= 11 is 0. The summed E-state index contributed by atoms with van der Waals surface area (Å²) in [5.41, 5.74) is 1.62. The van der Waals surface area contributed by atoms with Gasteiger partial charge in [0, 0.05) is 11.8 Å². The number of ketones is 1. The second-order valence-electron chi connectivity index (χ2n) is 8.76. The number of nitrogens with zero attached hydrogens (tertiary/aromatic N) is 2. The number of hydrogen-bond acceptors (Lipinski definition) is 4. The third kappa shape index (κ3) is 4.56. The largest absolute Gasteiger partial charge is 0.503 e. The predicted molar refractivity (Wildman–Crippen MR) is 125 cm³/mol. The van der Waals surface area contributed by atoms with Gasteiger partial charge in [-0.1, -0.05) is 67.9 Å². The van der Waals surface area contributed by atoms with Crippen molar-refractivity contribution in [3.8, 4) is 0 Å². The molecule has 35 heavy (non-hydrogen) atoms. The summed E-state index contributed by atoms with van der Waals surface area (Å²) in [7, 11) is 0. The monoisotopic (exact) mass is 480 g/mol. The molecule has 1 aromatic heterocycles. The Balaban J connectivity index is 1.84. The number of aromatic nitrogens is 1. The lowest BCUT2D eigenvalue weighted by Gasteiger charge is -2.26. The summed E-state index contributed by atoms with van der Waals surface area (Å²) in [5.74, 6) is -2.09. The van der Waals surface area contributed by atoms with Crippen LogP contribution in [0.1, 0.15) is 58.4 Å². The first-order valence-electron chi connectivity index (χ1n) is 11.0. The third-order valence-corrected chi connectivity index (χ3v) is 6.01. The molecule has 180 valence electrons. The molecule has 0 radical (unpaired) electrons. The fraction of sp³-hybridized carbons (Fsp3) is 0.222. The van der Waals surface area contributed by atoms with Crippen molar-refractivity contribution < 1.29 is 27.9 Å². The molecule has 0 fully saturated rings. The van der Waals surface area contributed by atoms with Gasteiger partial charge in [-0.2, -0.15) is 13.2 Å². The smallest absolute Gasteiger partial charge is 0.417 e. The van der Waals surface area contributed by atoms with Crippen LogP contribution >= 0.6 is 0 Å². The minimum absolute atomic E-state index is 0.112. The molecule has 2 aromatic carbocycles. The fourth-order valence-electron chi connectivity index (χ4n) is 4.01. The van der Waals surface area contributed by atoms with Gasteiger partial charge in [0.05, 0.1) is 17.2 Å². The first kappa shape index (κ1) is 24.2. The van der Waals surface area contributed by atoms with Crippen molar-refractivity contribution in [3.63, 3.8) is 0 Å². The van der Waals surface area contributed by atoms with Crippen LogP contribution in [-0.4, -0.2) is 21.8 Å². The number of rotatable bonds is 5. The van der Waals surface area contributed by atoms with Crippen molar-refractivity contribution in [1.29, 1.82) is 0 Å². The number of hydrogen-bond donors (Lipinski definition) is 1. The second-order valence-corrected chi connectivity index (χ2v) is 8.76. The van der Waals surface area contributed by atoms with Crippen LogP contribution in [0.5, 0.6) is 0 Å². The number of carbonyl (C=O) groups is 2. The maximum Gasteiger partial charge on any atom is 0.417 e. The molecule has 0 saturated carbocycles. The summed E-state index contributed by atoms with van der Waals surface area (Å²) < 4.78 is 39.2. The number of Topliss-reactive ketones (excluding diaryl/α,β-unsaturated/α-hetero) is 1. The van der Waals surface area contributed by atoms with Crippen LogP contribution in [-0.2, 0) is 11.0 Å². The first-order valence-corrected chi connectivity index (χ1v) is 11.0. The van der Waals surface area contributed by atoms with Crippen molar-refractivity contribution in [2.45, 2.75) is 38.9 Å². The van der Waals surface area contributed by atoms with Crippen LogP contribution < -0.4 is 4.90 Å². The minimum Gasteiger partial charge on any atom is -0.503 e. The number of alkyl halides is 3. The lowest BCUT2D eigenvalue weighted by Crippen LogP contribution is -2.32.